The lowest BCUT2D eigenvalue weighted by Crippen LogP contribution is -2.53. The standard InChI is InChI=1S/C15H16N4O2/c20-14(13-7-10-3-1-2-4-12(10)17-13)18-5-6-19-11(9-18)8-16-15(19)21/h1-4,7,11,17H,5-6,8-9H2,(H,16,21). The van der Waals surface area contributed by atoms with E-state index in [0.717, 1.165) is 10.9 Å². The molecule has 0 saturated carbocycles. The molecule has 6 heteroatoms. The van der Waals surface area contributed by atoms with Crippen molar-refractivity contribution in [2.24, 2.45) is 0 Å². The quantitative estimate of drug-likeness (QED) is 0.821. The molecule has 2 N–H and O–H groups in total. The molecule has 4 rings (SSSR count). The largest absolute Gasteiger partial charge is 0.351 e. The Morgan fingerprint density at radius 1 is 1.24 bits per heavy atom. The smallest absolute Gasteiger partial charge is 0.317 e. The van der Waals surface area contributed by atoms with Crippen molar-refractivity contribution in [2.75, 3.05) is 26.2 Å². The molecule has 1 atom stereocenters. The molecule has 2 aromatic rings. The predicted molar refractivity (Wildman–Crippen MR) is 78.1 cm³/mol. The Bertz CT molecular complexity index is 690. The second kappa shape index (κ2) is 4.51. The van der Waals surface area contributed by atoms with Gasteiger partial charge in [0, 0.05) is 37.1 Å². The van der Waals surface area contributed by atoms with Gasteiger partial charge in [0.2, 0.25) is 0 Å². The molecular formula is C15H16N4O2. The van der Waals surface area contributed by atoms with Gasteiger partial charge in [-0.25, -0.2) is 4.79 Å². The highest BCUT2D eigenvalue weighted by Crippen LogP contribution is 2.19. The minimum atomic E-state index is -0.0160. The molecule has 3 heterocycles. The number of amides is 3. The first-order valence-corrected chi connectivity index (χ1v) is 7.14. The molecule has 21 heavy (non-hydrogen) atoms. The van der Waals surface area contributed by atoms with E-state index in [2.05, 4.69) is 10.3 Å². The van der Waals surface area contributed by atoms with Crippen LogP contribution in [-0.4, -0.2) is 58.9 Å². The first kappa shape index (κ1) is 12.3. The summed E-state index contributed by atoms with van der Waals surface area (Å²) in [5.41, 5.74) is 1.58. The number of rotatable bonds is 1. The minimum Gasteiger partial charge on any atom is -0.351 e. The van der Waals surface area contributed by atoms with E-state index < -0.39 is 0 Å². The molecule has 108 valence electrons. The fourth-order valence-electron chi connectivity index (χ4n) is 3.15. The highest BCUT2D eigenvalue weighted by molar-refractivity contribution is 5.98. The molecule has 1 aromatic carbocycles. The third-order valence-corrected chi connectivity index (χ3v) is 4.28. The zero-order chi connectivity index (χ0) is 14.4. The van der Waals surface area contributed by atoms with Crippen molar-refractivity contribution in [3.05, 3.63) is 36.0 Å². The maximum absolute atomic E-state index is 12.6. The summed E-state index contributed by atoms with van der Waals surface area (Å²) >= 11 is 0. The van der Waals surface area contributed by atoms with Crippen LogP contribution < -0.4 is 5.32 Å². The van der Waals surface area contributed by atoms with E-state index >= 15 is 0 Å². The van der Waals surface area contributed by atoms with E-state index in [1.807, 2.05) is 40.1 Å². The van der Waals surface area contributed by atoms with Crippen LogP contribution in [-0.2, 0) is 0 Å². The van der Waals surface area contributed by atoms with E-state index in [4.69, 9.17) is 0 Å². The third kappa shape index (κ3) is 1.94. The molecule has 2 saturated heterocycles. The van der Waals surface area contributed by atoms with Crippen LogP contribution in [0.5, 0.6) is 0 Å². The minimum absolute atomic E-state index is 0.00481. The van der Waals surface area contributed by atoms with E-state index in [1.54, 1.807) is 0 Å². The molecule has 0 spiro atoms. The number of fused-ring (bicyclic) bond motifs is 2. The van der Waals surface area contributed by atoms with Crippen LogP contribution in [0, 0.1) is 0 Å². The average Bonchev–Trinajstić information content (AvgIpc) is 3.10. The Hall–Kier alpha value is -2.50. The van der Waals surface area contributed by atoms with Gasteiger partial charge in [0.25, 0.3) is 5.91 Å². The summed E-state index contributed by atoms with van der Waals surface area (Å²) in [5.74, 6) is 0.00481. The number of aromatic nitrogens is 1. The zero-order valence-corrected chi connectivity index (χ0v) is 11.5. The highest BCUT2D eigenvalue weighted by atomic mass is 16.2. The Morgan fingerprint density at radius 3 is 2.95 bits per heavy atom. The number of nitrogens with zero attached hydrogens (tertiary/aromatic N) is 2. The fourth-order valence-corrected chi connectivity index (χ4v) is 3.15. The predicted octanol–water partition coefficient (Wildman–Crippen LogP) is 1.02. The second-order valence-electron chi connectivity index (χ2n) is 5.55. The van der Waals surface area contributed by atoms with Gasteiger partial charge in [-0.1, -0.05) is 18.2 Å². The molecule has 0 bridgehead atoms. The molecule has 3 amide bonds. The van der Waals surface area contributed by atoms with Gasteiger partial charge in [0.1, 0.15) is 5.69 Å². The van der Waals surface area contributed by atoms with Crippen LogP contribution in [0.2, 0.25) is 0 Å². The van der Waals surface area contributed by atoms with E-state index in [0.29, 0.717) is 31.9 Å². The van der Waals surface area contributed by atoms with Crippen LogP contribution in [0.3, 0.4) is 0 Å². The van der Waals surface area contributed by atoms with E-state index in [-0.39, 0.29) is 18.0 Å². The Morgan fingerprint density at radius 2 is 2.10 bits per heavy atom. The van der Waals surface area contributed by atoms with Crippen LogP contribution in [0.1, 0.15) is 10.5 Å². The number of carbonyl (C=O) groups is 2. The third-order valence-electron chi connectivity index (χ3n) is 4.28. The van der Waals surface area contributed by atoms with Crippen molar-refractivity contribution in [1.29, 1.82) is 0 Å². The van der Waals surface area contributed by atoms with Gasteiger partial charge < -0.3 is 20.1 Å². The molecule has 1 aromatic heterocycles. The Labute approximate surface area is 121 Å². The van der Waals surface area contributed by atoms with Gasteiger partial charge in [0.15, 0.2) is 0 Å². The van der Waals surface area contributed by atoms with Gasteiger partial charge in [0.05, 0.1) is 6.04 Å². The average molecular weight is 284 g/mol. The Kier molecular flexibility index (Phi) is 2.63. The summed E-state index contributed by atoms with van der Waals surface area (Å²) in [7, 11) is 0. The highest BCUT2D eigenvalue weighted by Gasteiger charge is 2.37. The zero-order valence-electron chi connectivity index (χ0n) is 11.5. The number of benzene rings is 1. The van der Waals surface area contributed by atoms with Gasteiger partial charge in [-0.15, -0.1) is 0 Å². The number of urea groups is 1. The molecule has 0 radical (unpaired) electrons. The number of aromatic amines is 1. The van der Waals surface area contributed by atoms with Crippen molar-refractivity contribution in [3.8, 4) is 0 Å². The molecule has 0 aliphatic carbocycles. The summed E-state index contributed by atoms with van der Waals surface area (Å²) in [5, 5.41) is 3.86. The molecule has 2 aliphatic rings. The second-order valence-corrected chi connectivity index (χ2v) is 5.55. The van der Waals surface area contributed by atoms with Crippen LogP contribution in [0.25, 0.3) is 10.9 Å². The number of para-hydroxylation sites is 1. The van der Waals surface area contributed by atoms with Gasteiger partial charge >= 0.3 is 6.03 Å². The number of piperazine rings is 1. The topological polar surface area (TPSA) is 68.4 Å². The number of hydrogen-bond acceptors (Lipinski definition) is 2. The van der Waals surface area contributed by atoms with E-state index in [9.17, 15) is 9.59 Å². The van der Waals surface area contributed by atoms with Crippen molar-refractivity contribution >= 4 is 22.8 Å². The van der Waals surface area contributed by atoms with Gasteiger partial charge in [-0.2, -0.15) is 0 Å². The molecule has 2 aliphatic heterocycles. The summed E-state index contributed by atoms with van der Waals surface area (Å²) < 4.78 is 0. The summed E-state index contributed by atoms with van der Waals surface area (Å²) in [6, 6.07) is 9.82. The number of H-pyrrole nitrogens is 1. The summed E-state index contributed by atoms with van der Waals surface area (Å²) in [4.78, 5) is 31.0. The number of hydrogen-bond donors (Lipinski definition) is 2. The maximum Gasteiger partial charge on any atom is 0.317 e. The lowest BCUT2D eigenvalue weighted by molar-refractivity contribution is 0.0612. The lowest BCUT2D eigenvalue weighted by atomic mass is 10.2. The van der Waals surface area contributed by atoms with Crippen molar-refractivity contribution < 1.29 is 9.59 Å². The number of carbonyl (C=O) groups excluding carboxylic acids is 2. The maximum atomic E-state index is 12.6. The normalized spacial score (nSPS) is 21.5. The van der Waals surface area contributed by atoms with Crippen LogP contribution in [0.4, 0.5) is 4.79 Å². The first-order chi connectivity index (χ1) is 10.2. The molecular weight excluding hydrogens is 268 g/mol. The fraction of sp³-hybridized carbons (Fsp3) is 0.333. The number of nitrogens with one attached hydrogen (secondary N) is 2. The summed E-state index contributed by atoms with van der Waals surface area (Å²) in [6.07, 6.45) is 0. The van der Waals surface area contributed by atoms with Crippen molar-refractivity contribution in [2.45, 2.75) is 6.04 Å². The van der Waals surface area contributed by atoms with Gasteiger partial charge in [-0.05, 0) is 12.1 Å². The van der Waals surface area contributed by atoms with Crippen molar-refractivity contribution in [3.63, 3.8) is 0 Å². The van der Waals surface area contributed by atoms with E-state index in [1.165, 1.54) is 0 Å². The molecule has 2 fully saturated rings. The lowest BCUT2D eigenvalue weighted by Gasteiger charge is -2.36. The first-order valence-electron chi connectivity index (χ1n) is 7.14. The monoisotopic (exact) mass is 284 g/mol. The summed E-state index contributed by atoms with van der Waals surface area (Å²) in [6.45, 7) is 2.39. The van der Waals surface area contributed by atoms with Crippen molar-refractivity contribution in [1.82, 2.24) is 20.1 Å². The molecule has 6 nitrogen and oxygen atoms in total. The SMILES string of the molecule is O=C(c1cc2ccccc2[nH]1)N1CCN2C(=O)NCC2C1. The van der Waals surface area contributed by atoms with Crippen LogP contribution >= 0.6 is 0 Å². The van der Waals surface area contributed by atoms with Crippen LogP contribution in [0.15, 0.2) is 30.3 Å². The Balaban J connectivity index is 1.56. The van der Waals surface area contributed by atoms with Gasteiger partial charge in [-0.3, -0.25) is 4.79 Å². The molecule has 1 unspecified atom stereocenters.